The summed E-state index contributed by atoms with van der Waals surface area (Å²) in [5, 5.41) is 12.1. The Morgan fingerprint density at radius 3 is 2.69 bits per heavy atom. The van der Waals surface area contributed by atoms with Crippen LogP contribution in [-0.2, 0) is 6.54 Å². The Kier molecular flexibility index (Phi) is 5.09. The van der Waals surface area contributed by atoms with E-state index in [-0.39, 0.29) is 17.3 Å². The molecule has 1 aliphatic rings. The van der Waals surface area contributed by atoms with E-state index in [1.165, 1.54) is 6.07 Å². The van der Waals surface area contributed by atoms with Crippen molar-refractivity contribution in [1.29, 1.82) is 0 Å². The lowest BCUT2D eigenvalue weighted by Crippen LogP contribution is -3.04. The van der Waals surface area contributed by atoms with E-state index in [0.717, 1.165) is 16.2 Å². The Labute approximate surface area is 152 Å². The Bertz CT molecular complexity index is 897. The number of hydrogen-bond donors (Lipinski definition) is 1. The molecule has 0 saturated carbocycles. The van der Waals surface area contributed by atoms with Gasteiger partial charge >= 0.3 is 0 Å². The predicted molar refractivity (Wildman–Crippen MR) is 97.5 cm³/mol. The molecule has 2 aromatic rings. The molecule has 26 heavy (non-hydrogen) atoms. The van der Waals surface area contributed by atoms with Gasteiger partial charge in [-0.3, -0.25) is 4.79 Å². The largest absolute Gasteiger partial charge is 0.872 e. The first-order valence-corrected chi connectivity index (χ1v) is 8.37. The third-order valence-electron chi connectivity index (χ3n) is 4.09. The molecule has 1 N–H and O–H groups in total. The molecule has 5 nitrogen and oxygen atoms in total. The van der Waals surface area contributed by atoms with Crippen LogP contribution in [0.25, 0.3) is 6.08 Å². The Morgan fingerprint density at radius 1 is 1.19 bits per heavy atom. The first-order chi connectivity index (χ1) is 12.5. The van der Waals surface area contributed by atoms with Crippen LogP contribution < -0.4 is 19.5 Å². The number of ether oxygens (including phenoxy) is 2. The van der Waals surface area contributed by atoms with Crippen molar-refractivity contribution in [2.24, 2.45) is 0 Å². The summed E-state index contributed by atoms with van der Waals surface area (Å²) in [6.07, 6.45) is 5.20. The number of ketones is 1. The second-order valence-corrected chi connectivity index (χ2v) is 6.37. The minimum Gasteiger partial charge on any atom is -0.872 e. The second kappa shape index (κ2) is 7.45. The van der Waals surface area contributed by atoms with Gasteiger partial charge in [-0.15, -0.1) is 0 Å². The zero-order chi connectivity index (χ0) is 18.7. The number of fused-ring (bicyclic) bond motifs is 1. The van der Waals surface area contributed by atoms with Crippen LogP contribution in [0.4, 0.5) is 0 Å². The maximum atomic E-state index is 12.6. The van der Waals surface area contributed by atoms with Crippen molar-refractivity contribution in [2.75, 3.05) is 21.2 Å². The van der Waals surface area contributed by atoms with Crippen molar-refractivity contribution in [3.05, 3.63) is 71.0 Å². The van der Waals surface area contributed by atoms with Gasteiger partial charge in [0, 0.05) is 11.1 Å². The zero-order valence-corrected chi connectivity index (χ0v) is 15.0. The maximum absolute atomic E-state index is 12.6. The van der Waals surface area contributed by atoms with Crippen LogP contribution in [0, 0.1) is 0 Å². The van der Waals surface area contributed by atoms with Gasteiger partial charge in [0.05, 0.1) is 26.8 Å². The summed E-state index contributed by atoms with van der Waals surface area (Å²) in [6.45, 7) is 0.500. The molecule has 0 unspecified atom stereocenters. The lowest BCUT2D eigenvalue weighted by molar-refractivity contribution is -0.872. The average molecular weight is 351 g/mol. The van der Waals surface area contributed by atoms with E-state index in [9.17, 15) is 9.90 Å². The van der Waals surface area contributed by atoms with Crippen LogP contribution in [0.15, 0.2) is 54.3 Å². The highest BCUT2D eigenvalue weighted by molar-refractivity contribution is 6.12. The molecule has 0 amide bonds. The molecule has 134 valence electrons. The first-order valence-electron chi connectivity index (χ1n) is 8.37. The highest BCUT2D eigenvalue weighted by atomic mass is 16.5. The number of carbonyl (C=O) groups excluding carboxylic acids is 1. The average Bonchev–Trinajstić information content (AvgIpc) is 2.94. The standard InChI is InChI=1S/C21H21NO4/c1-22(2)13-16-17(23)12-11-15-20(24)19(26-21(15)16)10-6-8-14-7-4-5-9-18(14)25-3/h4-12,23H,13H2,1-3H3/b8-6+,19-10-. The lowest BCUT2D eigenvalue weighted by Gasteiger charge is -2.17. The predicted octanol–water partition coefficient (Wildman–Crippen LogP) is 1.59. The van der Waals surface area contributed by atoms with Gasteiger partial charge < -0.3 is 19.5 Å². The minimum atomic E-state index is -0.209. The van der Waals surface area contributed by atoms with Crippen LogP contribution in [0.2, 0.25) is 0 Å². The molecular weight excluding hydrogens is 330 g/mol. The third kappa shape index (κ3) is 3.48. The number of quaternary nitrogens is 1. The summed E-state index contributed by atoms with van der Waals surface area (Å²) in [6, 6.07) is 10.6. The molecule has 0 atom stereocenters. The quantitative estimate of drug-likeness (QED) is 0.831. The number of Topliss-reactive ketones (excluding diaryl/α,β-unsaturated/α-hetero) is 1. The minimum absolute atomic E-state index is 0.108. The van der Waals surface area contributed by atoms with Crippen molar-refractivity contribution in [1.82, 2.24) is 0 Å². The number of methoxy groups -OCH3 is 1. The molecule has 0 radical (unpaired) electrons. The Hall–Kier alpha value is -3.05. The third-order valence-corrected chi connectivity index (χ3v) is 4.09. The van der Waals surface area contributed by atoms with E-state index in [4.69, 9.17) is 9.47 Å². The summed E-state index contributed by atoms with van der Waals surface area (Å²) in [4.78, 5) is 13.6. The van der Waals surface area contributed by atoms with Crippen molar-refractivity contribution in [2.45, 2.75) is 6.54 Å². The smallest absolute Gasteiger partial charge is 0.231 e. The molecular formula is C21H21NO4. The first kappa shape index (κ1) is 17.8. The van der Waals surface area contributed by atoms with E-state index in [1.54, 1.807) is 25.3 Å². The number of para-hydroxylation sites is 1. The maximum Gasteiger partial charge on any atom is 0.231 e. The monoisotopic (exact) mass is 351 g/mol. The fourth-order valence-corrected chi connectivity index (χ4v) is 2.87. The van der Waals surface area contributed by atoms with Gasteiger partial charge in [-0.25, -0.2) is 0 Å². The summed E-state index contributed by atoms with van der Waals surface area (Å²) >= 11 is 0. The number of allylic oxidation sites excluding steroid dienone is 3. The molecule has 1 aliphatic heterocycles. The van der Waals surface area contributed by atoms with E-state index < -0.39 is 0 Å². The van der Waals surface area contributed by atoms with E-state index in [1.807, 2.05) is 44.4 Å². The van der Waals surface area contributed by atoms with E-state index in [0.29, 0.717) is 23.4 Å². The molecule has 0 saturated heterocycles. The normalized spacial score (nSPS) is 14.9. The van der Waals surface area contributed by atoms with Crippen molar-refractivity contribution >= 4 is 11.9 Å². The Balaban J connectivity index is 1.88. The highest BCUT2D eigenvalue weighted by Crippen LogP contribution is 2.37. The van der Waals surface area contributed by atoms with Gasteiger partial charge in [-0.1, -0.05) is 42.2 Å². The van der Waals surface area contributed by atoms with Gasteiger partial charge in [0.25, 0.3) is 0 Å². The fourth-order valence-electron chi connectivity index (χ4n) is 2.87. The molecule has 3 rings (SSSR count). The SMILES string of the molecule is COc1ccccc1/C=C/C=C1\Oc2c(ccc([O-])c2C[NH+](C)C)C1=O. The molecule has 0 aliphatic carbocycles. The van der Waals surface area contributed by atoms with Crippen molar-refractivity contribution in [3.8, 4) is 17.2 Å². The van der Waals surface area contributed by atoms with Crippen LogP contribution in [0.1, 0.15) is 21.5 Å². The zero-order valence-electron chi connectivity index (χ0n) is 15.0. The summed E-state index contributed by atoms with van der Waals surface area (Å²) in [5.41, 5.74) is 1.87. The van der Waals surface area contributed by atoms with Gasteiger partial charge in [0.15, 0.2) is 5.76 Å². The second-order valence-electron chi connectivity index (χ2n) is 6.37. The number of rotatable bonds is 5. The van der Waals surface area contributed by atoms with Crippen LogP contribution in [0.5, 0.6) is 17.2 Å². The molecule has 5 heteroatoms. The van der Waals surface area contributed by atoms with Crippen LogP contribution in [-0.4, -0.2) is 27.0 Å². The molecule has 2 aromatic carbocycles. The van der Waals surface area contributed by atoms with Crippen molar-refractivity contribution in [3.63, 3.8) is 0 Å². The van der Waals surface area contributed by atoms with E-state index in [2.05, 4.69) is 0 Å². The summed E-state index contributed by atoms with van der Waals surface area (Å²) in [5.74, 6) is 1.03. The Morgan fingerprint density at radius 2 is 1.96 bits per heavy atom. The molecule has 0 bridgehead atoms. The molecule has 0 fully saturated rings. The number of carbonyl (C=O) groups is 1. The molecule has 1 heterocycles. The van der Waals surface area contributed by atoms with Crippen LogP contribution >= 0.6 is 0 Å². The van der Waals surface area contributed by atoms with Crippen LogP contribution in [0.3, 0.4) is 0 Å². The summed E-state index contributed by atoms with van der Waals surface area (Å²) < 4.78 is 11.0. The van der Waals surface area contributed by atoms with Gasteiger partial charge in [-0.2, -0.15) is 0 Å². The van der Waals surface area contributed by atoms with Gasteiger partial charge in [0.1, 0.15) is 18.0 Å². The van der Waals surface area contributed by atoms with Gasteiger partial charge in [0.2, 0.25) is 5.78 Å². The van der Waals surface area contributed by atoms with Crippen molar-refractivity contribution < 1.29 is 24.3 Å². The van der Waals surface area contributed by atoms with Gasteiger partial charge in [-0.05, 0) is 18.2 Å². The number of nitrogens with one attached hydrogen (secondary N) is 1. The lowest BCUT2D eigenvalue weighted by atomic mass is 10.0. The summed E-state index contributed by atoms with van der Waals surface area (Å²) in [7, 11) is 5.50. The topological polar surface area (TPSA) is 63.0 Å². The van der Waals surface area contributed by atoms with E-state index >= 15 is 0 Å². The molecule has 0 aromatic heterocycles. The fraction of sp³-hybridized carbons (Fsp3) is 0.190. The number of benzene rings is 2. The number of hydrogen-bond acceptors (Lipinski definition) is 4. The highest BCUT2D eigenvalue weighted by Gasteiger charge is 2.30. The molecule has 0 spiro atoms.